The van der Waals surface area contributed by atoms with Crippen LogP contribution >= 0.6 is 0 Å². The van der Waals surface area contributed by atoms with Crippen LogP contribution in [0, 0.1) is 6.92 Å². The number of pyridine rings is 2. The molecule has 8 N–H and O–H groups in total. The summed E-state index contributed by atoms with van der Waals surface area (Å²) >= 11 is 0. The number of aryl methyl sites for hydroxylation is 1. The number of aromatic nitrogens is 2. The van der Waals surface area contributed by atoms with Crippen LogP contribution in [-0.4, -0.2) is 59.1 Å². The number of amides is 3. The second kappa shape index (κ2) is 19.5. The molecule has 330 valence electrons. The molecule has 0 radical (unpaired) electrons. The summed E-state index contributed by atoms with van der Waals surface area (Å²) in [5.74, 6) is 0.195. The van der Waals surface area contributed by atoms with E-state index in [4.69, 9.17) is 16.5 Å². The van der Waals surface area contributed by atoms with Crippen LogP contribution in [0.15, 0.2) is 97.3 Å². The predicted molar refractivity (Wildman–Crippen MR) is 243 cm³/mol. The van der Waals surface area contributed by atoms with Gasteiger partial charge in [0.25, 0.3) is 0 Å². The van der Waals surface area contributed by atoms with E-state index in [1.807, 2.05) is 38.1 Å². The summed E-state index contributed by atoms with van der Waals surface area (Å²) in [4.78, 5) is 48.3. The van der Waals surface area contributed by atoms with Gasteiger partial charge in [-0.15, -0.1) is 0 Å². The number of carbonyl (C=O) groups is 3. The van der Waals surface area contributed by atoms with Crippen LogP contribution in [-0.2, 0) is 21.4 Å². The van der Waals surface area contributed by atoms with E-state index in [0.29, 0.717) is 98.4 Å². The van der Waals surface area contributed by atoms with Crippen molar-refractivity contribution in [3.05, 3.63) is 125 Å². The number of carbonyl (C=O) groups excluding carboxylic acids is 3. The number of unbranched alkanes of at least 4 members (excludes halogenated alkanes) is 2. The Labute approximate surface area is 370 Å². The largest absolute Gasteiger partial charge is 0.508 e. The van der Waals surface area contributed by atoms with Gasteiger partial charge >= 0.3 is 187 Å². The summed E-state index contributed by atoms with van der Waals surface area (Å²) in [6.45, 7) is 6.26. The van der Waals surface area contributed by atoms with Gasteiger partial charge in [-0.2, -0.15) is 0 Å². The van der Waals surface area contributed by atoms with Gasteiger partial charge in [-0.25, -0.2) is 4.98 Å². The maximum Gasteiger partial charge on any atom is 0.131 e. The number of phenolic OH excluding ortho intramolecular Hbond substituents is 1. The Hall–Kier alpha value is -7.10. The van der Waals surface area contributed by atoms with Crippen molar-refractivity contribution < 1.29 is 37.7 Å². The Morgan fingerprint density at radius 1 is 0.953 bits per heavy atom. The van der Waals surface area contributed by atoms with Crippen molar-refractivity contribution in [2.24, 2.45) is 5.73 Å². The zero-order valence-electron chi connectivity index (χ0n) is 35.7. The number of alkyl halides is 2. The smallest absolute Gasteiger partial charge is 0.131 e. The number of fused-ring (bicyclic) bond motifs is 1. The van der Waals surface area contributed by atoms with Crippen molar-refractivity contribution in [3.63, 3.8) is 0 Å². The number of allylic oxidation sites excluding steroid dienone is 3. The zero-order valence-corrected chi connectivity index (χ0v) is 35.7. The number of anilines is 2. The van der Waals surface area contributed by atoms with Gasteiger partial charge in [0.1, 0.15) is 11.6 Å². The molecule has 3 amide bonds. The summed E-state index contributed by atoms with van der Waals surface area (Å²) in [6.07, 6.45) is 8.22. The van der Waals surface area contributed by atoms with Gasteiger partial charge in [0.15, 0.2) is 0 Å². The van der Waals surface area contributed by atoms with Crippen molar-refractivity contribution in [1.29, 1.82) is 0 Å². The van der Waals surface area contributed by atoms with Gasteiger partial charge in [0.05, 0.1) is 0 Å². The summed E-state index contributed by atoms with van der Waals surface area (Å²) < 4.78 is 36.3. The molecular weight excluding hydrogens is 819 g/mol. The van der Waals surface area contributed by atoms with Gasteiger partial charge in [-0.3, -0.25) is 4.79 Å². The van der Waals surface area contributed by atoms with Crippen molar-refractivity contribution in [2.75, 3.05) is 24.1 Å². The molecule has 16 heteroatoms. The molecule has 2 aromatic carbocycles. The van der Waals surface area contributed by atoms with E-state index in [0.717, 1.165) is 33.4 Å². The van der Waals surface area contributed by atoms with Gasteiger partial charge in [0, 0.05) is 43.0 Å². The maximum absolute atomic E-state index is 13.6. The molecule has 1 fully saturated rings. The molecular formula is C48H50BF2N7O6. The quantitative estimate of drug-likeness (QED) is 0.0375. The fraction of sp³-hybridized carbons (Fsp3) is 0.292. The number of hydrogen-bond acceptors (Lipinski definition) is 10. The van der Waals surface area contributed by atoms with E-state index in [9.17, 15) is 28.3 Å². The zero-order chi connectivity index (χ0) is 45.4. The maximum atomic E-state index is 13.6. The third-order valence-electron chi connectivity index (χ3n) is 11.4. The van der Waals surface area contributed by atoms with Crippen LogP contribution in [0.3, 0.4) is 0 Å². The Kier molecular flexibility index (Phi) is 13.7. The minimum Gasteiger partial charge on any atom is -0.508 e. The first-order valence-corrected chi connectivity index (χ1v) is 21.3. The minimum atomic E-state index is -3.75. The van der Waals surface area contributed by atoms with E-state index in [1.165, 1.54) is 19.2 Å². The molecule has 2 aliphatic rings. The first-order chi connectivity index (χ1) is 30.8. The molecule has 7 rings (SSSR count). The Morgan fingerprint density at radius 2 is 1.72 bits per heavy atom. The third kappa shape index (κ3) is 10.4. The fourth-order valence-corrected chi connectivity index (χ4v) is 7.78. The normalized spacial score (nSPS) is 14.5. The number of nitrogens with zero attached hydrogens (tertiary/aromatic N) is 2. The number of rotatable bonds is 18. The SMILES string of the molecule is CCc1c(C(/C=C\CCCC(=O)NCCCCNC(=O)c2cccc(-c3nc(NC(=O)C4(c5bc6c(cc5)OC(F)(F)O6)CC4)ccc3C)c2)=C/N)cnc(N)c1-c1ccc(O)cc1. The number of benzene rings is 2. The monoisotopic (exact) mass is 869 g/mol. The van der Waals surface area contributed by atoms with Gasteiger partial charge in [0.2, 0.25) is 5.91 Å². The minimum absolute atomic E-state index is 0.0441. The van der Waals surface area contributed by atoms with Crippen LogP contribution in [0.5, 0.6) is 17.1 Å². The number of halogens is 2. The number of nitrogen functional groups attached to an aromatic ring is 1. The van der Waals surface area contributed by atoms with E-state index < -0.39 is 11.7 Å². The molecule has 0 spiro atoms. The Morgan fingerprint density at radius 3 is 2.45 bits per heavy atom. The molecule has 0 atom stereocenters. The summed E-state index contributed by atoms with van der Waals surface area (Å²) in [5.41, 5.74) is 18.7. The van der Waals surface area contributed by atoms with Crippen molar-refractivity contribution in [1.82, 2.24) is 20.6 Å². The molecule has 0 saturated heterocycles. The van der Waals surface area contributed by atoms with Crippen LogP contribution in [0.25, 0.3) is 28.0 Å². The molecule has 4 heterocycles. The molecule has 1 aliphatic heterocycles. The molecule has 0 bridgehead atoms. The van der Waals surface area contributed by atoms with Gasteiger partial charge in [-0.1, -0.05) is 31.2 Å². The standard InChI is InChI=1S/C48H50BF2N7O6/c1-3-35-36(28-56-44(53)41(35)30-15-17-34(59)18-16-30)33(27-52)10-5-4-6-13-40(60)54-24-7-8-25-55-45(61)32-12-9-11-31(26-32)42-29(2)14-21-39(57-42)58-46(62)47(22-23-47)38-20-19-37-43(49-38)64-48(50,51)63-37/h5,9-12,14-21,26-28,59H,3-4,6-8,13,22-25,52H2,1-2H3,(H2,53,56)(H,54,60)(H,55,61)(H,57,58,62)/b10-5-,33-27+. The second-order valence-electron chi connectivity index (χ2n) is 15.8. The molecule has 5 aromatic rings. The van der Waals surface area contributed by atoms with E-state index in [1.54, 1.807) is 60.8 Å². The average Bonchev–Trinajstić information content (AvgIpc) is 4.04. The van der Waals surface area contributed by atoms with Crippen LogP contribution in [0.4, 0.5) is 20.4 Å². The number of phenols is 1. The summed E-state index contributed by atoms with van der Waals surface area (Å²) in [6, 6.07) is 20.4. The van der Waals surface area contributed by atoms with Crippen LogP contribution in [0.2, 0.25) is 0 Å². The number of ether oxygens (including phenoxy) is 2. The topological polar surface area (TPSA) is 204 Å². The van der Waals surface area contributed by atoms with Gasteiger partial charge < -0.3 is 21.9 Å². The van der Waals surface area contributed by atoms with E-state index >= 15 is 0 Å². The van der Waals surface area contributed by atoms with Crippen molar-refractivity contribution in [3.8, 4) is 39.5 Å². The van der Waals surface area contributed by atoms with E-state index in [-0.39, 0.29) is 34.9 Å². The number of nitrogens with two attached hydrogens (primary N) is 2. The molecule has 0 unspecified atom stereocenters. The second-order valence-corrected chi connectivity index (χ2v) is 15.8. The van der Waals surface area contributed by atoms with Gasteiger partial charge in [-0.05, 0) is 60.9 Å². The Bertz CT molecular complexity index is 2620. The molecule has 13 nitrogen and oxygen atoms in total. The molecule has 1 aliphatic carbocycles. The molecule has 3 aromatic heterocycles. The Balaban J connectivity index is 0.831. The van der Waals surface area contributed by atoms with Crippen LogP contribution < -0.4 is 36.9 Å². The van der Waals surface area contributed by atoms with Crippen molar-refractivity contribution in [2.45, 2.75) is 76.9 Å². The fourth-order valence-electron chi connectivity index (χ4n) is 7.78. The third-order valence-corrected chi connectivity index (χ3v) is 11.4. The number of nitrogens with one attached hydrogen (secondary N) is 3. The first-order valence-electron chi connectivity index (χ1n) is 21.3. The summed E-state index contributed by atoms with van der Waals surface area (Å²) in [5, 5.41) is 18.5. The molecule has 64 heavy (non-hydrogen) atoms. The van der Waals surface area contributed by atoms with Crippen LogP contribution in [0.1, 0.15) is 84.4 Å². The predicted octanol–water partition coefficient (Wildman–Crippen LogP) is 7.65. The van der Waals surface area contributed by atoms with Crippen molar-refractivity contribution >= 4 is 41.8 Å². The van der Waals surface area contributed by atoms with E-state index in [2.05, 4.69) is 30.4 Å². The number of hydrogen-bond donors (Lipinski definition) is 6. The first kappa shape index (κ1) is 44.9. The molecule has 1 saturated carbocycles. The summed E-state index contributed by atoms with van der Waals surface area (Å²) in [7, 11) is 0. The average molecular weight is 870 g/mol. The number of aromatic hydroxyl groups is 1.